The summed E-state index contributed by atoms with van der Waals surface area (Å²) in [4.78, 5) is 2.53. The van der Waals surface area contributed by atoms with E-state index in [4.69, 9.17) is 5.73 Å². The average Bonchev–Trinajstić information content (AvgIpc) is 2.53. The summed E-state index contributed by atoms with van der Waals surface area (Å²) in [7, 11) is 2.26. The predicted octanol–water partition coefficient (Wildman–Crippen LogP) is 4.15. The minimum atomic E-state index is 0.0926. The van der Waals surface area contributed by atoms with E-state index in [-0.39, 0.29) is 6.04 Å². The van der Waals surface area contributed by atoms with Crippen LogP contribution in [0.4, 0.5) is 0 Å². The molecule has 2 rings (SSSR count). The highest BCUT2D eigenvalue weighted by molar-refractivity contribution is 5.25. The normalized spacial score (nSPS) is 25.8. The molecule has 0 bridgehead atoms. The van der Waals surface area contributed by atoms with E-state index in [2.05, 4.69) is 57.0 Å². The fourth-order valence-electron chi connectivity index (χ4n) is 3.71. The van der Waals surface area contributed by atoms with Crippen molar-refractivity contribution in [2.75, 3.05) is 7.05 Å². The maximum Gasteiger partial charge on any atom is 0.0450 e. The quantitative estimate of drug-likeness (QED) is 0.882. The topological polar surface area (TPSA) is 29.3 Å². The Bertz CT molecular complexity index is 426. The first-order valence-electron chi connectivity index (χ1n) is 8.61. The van der Waals surface area contributed by atoms with Gasteiger partial charge in [-0.15, -0.1) is 0 Å². The van der Waals surface area contributed by atoms with Crippen LogP contribution in [0.3, 0.4) is 0 Å². The van der Waals surface area contributed by atoms with Crippen molar-refractivity contribution in [3.8, 4) is 0 Å². The molecular formula is C19H32N2. The Morgan fingerprint density at radius 3 is 2.38 bits per heavy atom. The molecule has 0 heterocycles. The first kappa shape index (κ1) is 16.5. The number of hydrogen-bond acceptors (Lipinski definition) is 2. The summed E-state index contributed by atoms with van der Waals surface area (Å²) >= 11 is 0. The molecule has 0 radical (unpaired) electrons. The smallest absolute Gasteiger partial charge is 0.0450 e. The van der Waals surface area contributed by atoms with E-state index in [1.807, 2.05) is 0 Å². The molecular weight excluding hydrogens is 256 g/mol. The molecule has 2 N–H and O–H groups in total. The zero-order valence-electron chi connectivity index (χ0n) is 14.2. The number of hydrogen-bond donors (Lipinski definition) is 1. The molecule has 2 nitrogen and oxygen atoms in total. The average molecular weight is 288 g/mol. The maximum atomic E-state index is 6.54. The predicted molar refractivity (Wildman–Crippen MR) is 91.4 cm³/mol. The molecule has 0 aromatic heterocycles. The van der Waals surface area contributed by atoms with Crippen molar-refractivity contribution < 1.29 is 0 Å². The van der Waals surface area contributed by atoms with Crippen molar-refractivity contribution in [1.82, 2.24) is 4.90 Å². The summed E-state index contributed by atoms with van der Waals surface area (Å²) in [6, 6.07) is 10.00. The summed E-state index contributed by atoms with van der Waals surface area (Å²) in [5.74, 6) is 0.792. The highest BCUT2D eigenvalue weighted by atomic mass is 15.2. The SMILES string of the molecule is CCc1ccc(C(N)C(C)N(C)C2CCCCC2C)cc1. The molecule has 21 heavy (non-hydrogen) atoms. The van der Waals surface area contributed by atoms with E-state index in [1.165, 1.54) is 36.8 Å². The van der Waals surface area contributed by atoms with Gasteiger partial charge in [0, 0.05) is 18.1 Å². The summed E-state index contributed by atoms with van der Waals surface area (Å²) in [5, 5.41) is 0. The van der Waals surface area contributed by atoms with Crippen molar-refractivity contribution in [3.63, 3.8) is 0 Å². The molecule has 0 amide bonds. The highest BCUT2D eigenvalue weighted by Crippen LogP contribution is 2.30. The third kappa shape index (κ3) is 3.87. The summed E-state index contributed by atoms with van der Waals surface area (Å²) in [5.41, 5.74) is 9.18. The molecule has 2 heteroatoms. The molecule has 1 aliphatic carbocycles. The fourth-order valence-corrected chi connectivity index (χ4v) is 3.71. The second-order valence-electron chi connectivity index (χ2n) is 6.86. The Kier molecular flexibility index (Phi) is 5.83. The van der Waals surface area contributed by atoms with Crippen LogP contribution in [-0.4, -0.2) is 24.0 Å². The summed E-state index contributed by atoms with van der Waals surface area (Å²) < 4.78 is 0. The molecule has 4 atom stereocenters. The molecule has 1 fully saturated rings. The largest absolute Gasteiger partial charge is 0.323 e. The maximum absolute atomic E-state index is 6.54. The third-order valence-electron chi connectivity index (χ3n) is 5.52. The minimum absolute atomic E-state index is 0.0926. The van der Waals surface area contributed by atoms with Crippen molar-refractivity contribution >= 4 is 0 Å². The monoisotopic (exact) mass is 288 g/mol. The van der Waals surface area contributed by atoms with Gasteiger partial charge in [0.05, 0.1) is 0 Å². The van der Waals surface area contributed by atoms with Crippen LogP contribution in [0.1, 0.15) is 63.6 Å². The third-order valence-corrected chi connectivity index (χ3v) is 5.52. The van der Waals surface area contributed by atoms with E-state index in [9.17, 15) is 0 Å². The molecule has 1 saturated carbocycles. The molecule has 0 saturated heterocycles. The second-order valence-corrected chi connectivity index (χ2v) is 6.86. The van der Waals surface area contributed by atoms with E-state index >= 15 is 0 Å². The van der Waals surface area contributed by atoms with Crippen LogP contribution in [0.15, 0.2) is 24.3 Å². The van der Waals surface area contributed by atoms with Gasteiger partial charge in [-0.2, -0.15) is 0 Å². The number of rotatable bonds is 5. The van der Waals surface area contributed by atoms with Crippen LogP contribution >= 0.6 is 0 Å². The van der Waals surface area contributed by atoms with Gasteiger partial charge in [-0.05, 0) is 50.3 Å². The van der Waals surface area contributed by atoms with Crippen LogP contribution in [0.25, 0.3) is 0 Å². The van der Waals surface area contributed by atoms with Crippen LogP contribution in [0.2, 0.25) is 0 Å². The summed E-state index contributed by atoms with van der Waals surface area (Å²) in [6.45, 7) is 6.87. The molecule has 0 spiro atoms. The number of nitrogens with two attached hydrogens (primary N) is 1. The number of aryl methyl sites for hydroxylation is 1. The van der Waals surface area contributed by atoms with Crippen LogP contribution < -0.4 is 5.73 Å². The van der Waals surface area contributed by atoms with Gasteiger partial charge in [-0.25, -0.2) is 0 Å². The Labute approximate surface area is 130 Å². The van der Waals surface area contributed by atoms with Gasteiger partial charge in [-0.3, -0.25) is 4.90 Å². The molecule has 118 valence electrons. The van der Waals surface area contributed by atoms with Crippen LogP contribution in [0.5, 0.6) is 0 Å². The van der Waals surface area contributed by atoms with Crippen molar-refractivity contribution in [2.45, 2.75) is 71.0 Å². The number of benzene rings is 1. The standard InChI is InChI=1S/C19H32N2/c1-5-16-10-12-17(13-11-16)19(20)15(3)21(4)18-9-7-6-8-14(18)2/h10-15,18-19H,5-9,20H2,1-4H3. The van der Waals surface area contributed by atoms with Crippen molar-refractivity contribution in [2.24, 2.45) is 11.7 Å². The van der Waals surface area contributed by atoms with E-state index < -0.39 is 0 Å². The Balaban J connectivity index is 2.04. The van der Waals surface area contributed by atoms with Gasteiger partial charge in [0.25, 0.3) is 0 Å². The lowest BCUT2D eigenvalue weighted by Crippen LogP contribution is -2.47. The first-order valence-corrected chi connectivity index (χ1v) is 8.61. The molecule has 1 aromatic carbocycles. The highest BCUT2D eigenvalue weighted by Gasteiger charge is 2.30. The molecule has 4 unspecified atom stereocenters. The van der Waals surface area contributed by atoms with Crippen LogP contribution in [0, 0.1) is 5.92 Å². The lowest BCUT2D eigenvalue weighted by atomic mass is 9.84. The van der Waals surface area contributed by atoms with Gasteiger partial charge in [0.1, 0.15) is 0 Å². The zero-order valence-corrected chi connectivity index (χ0v) is 14.2. The van der Waals surface area contributed by atoms with E-state index in [0.29, 0.717) is 12.1 Å². The van der Waals surface area contributed by atoms with E-state index in [1.54, 1.807) is 0 Å². The first-order chi connectivity index (χ1) is 10.0. The van der Waals surface area contributed by atoms with Crippen molar-refractivity contribution in [3.05, 3.63) is 35.4 Å². The Hall–Kier alpha value is -0.860. The molecule has 1 aliphatic rings. The lowest BCUT2D eigenvalue weighted by Gasteiger charge is -2.41. The van der Waals surface area contributed by atoms with Gasteiger partial charge in [0.2, 0.25) is 0 Å². The molecule has 0 aliphatic heterocycles. The Morgan fingerprint density at radius 1 is 1.19 bits per heavy atom. The molecule has 1 aromatic rings. The van der Waals surface area contributed by atoms with Gasteiger partial charge < -0.3 is 5.73 Å². The van der Waals surface area contributed by atoms with Crippen LogP contribution in [-0.2, 0) is 6.42 Å². The van der Waals surface area contributed by atoms with E-state index in [0.717, 1.165) is 12.3 Å². The lowest BCUT2D eigenvalue weighted by molar-refractivity contribution is 0.0916. The minimum Gasteiger partial charge on any atom is -0.323 e. The fraction of sp³-hybridized carbons (Fsp3) is 0.684. The van der Waals surface area contributed by atoms with Gasteiger partial charge >= 0.3 is 0 Å². The van der Waals surface area contributed by atoms with Gasteiger partial charge in [-0.1, -0.05) is 51.0 Å². The Morgan fingerprint density at radius 2 is 1.81 bits per heavy atom. The number of likely N-dealkylation sites (N-methyl/N-ethyl adjacent to an activating group) is 1. The van der Waals surface area contributed by atoms with Gasteiger partial charge in [0.15, 0.2) is 0 Å². The van der Waals surface area contributed by atoms with Crippen molar-refractivity contribution in [1.29, 1.82) is 0 Å². The second kappa shape index (κ2) is 7.42. The zero-order chi connectivity index (χ0) is 15.4. The number of nitrogens with zero attached hydrogens (tertiary/aromatic N) is 1. The summed E-state index contributed by atoms with van der Waals surface area (Å²) in [6.07, 6.45) is 6.53.